The van der Waals surface area contributed by atoms with Crippen molar-refractivity contribution < 1.29 is 8.78 Å². The van der Waals surface area contributed by atoms with Crippen molar-refractivity contribution in [2.24, 2.45) is 0 Å². The number of hydrogen-bond acceptors (Lipinski definition) is 3. The molecule has 2 aromatic rings. The number of hydrogen-bond donors (Lipinski definition) is 1. The number of imidazole rings is 1. The molecule has 0 spiro atoms. The molecule has 1 aromatic heterocycles. The molecule has 1 N–H and O–H groups in total. The second kappa shape index (κ2) is 5.66. The fraction of sp³-hybridized carbons (Fsp3) is 0.438. The molecule has 2 aliphatic heterocycles. The predicted molar refractivity (Wildman–Crippen MR) is 83.8 cm³/mol. The molecule has 22 heavy (non-hydrogen) atoms. The monoisotopic (exact) mass is 321 g/mol. The minimum atomic E-state index is -0.574. The summed E-state index contributed by atoms with van der Waals surface area (Å²) in [5.41, 5.74) is 2.42. The summed E-state index contributed by atoms with van der Waals surface area (Å²) < 4.78 is 26.9. The highest BCUT2D eigenvalue weighted by atomic mass is 32.2. The molecule has 3 heterocycles. The van der Waals surface area contributed by atoms with E-state index in [0.29, 0.717) is 17.4 Å². The largest absolute Gasteiger partial charge is 0.340 e. The van der Waals surface area contributed by atoms with Gasteiger partial charge in [-0.05, 0) is 24.3 Å². The molecular formula is C16H17F2N3S. The highest BCUT2D eigenvalue weighted by Crippen LogP contribution is 2.29. The Morgan fingerprint density at radius 1 is 1.32 bits per heavy atom. The Bertz CT molecular complexity index is 695. The Balaban J connectivity index is 1.60. The van der Waals surface area contributed by atoms with Gasteiger partial charge in [0.15, 0.2) is 0 Å². The zero-order chi connectivity index (χ0) is 15.1. The van der Waals surface area contributed by atoms with Gasteiger partial charge in [0.1, 0.15) is 17.5 Å². The van der Waals surface area contributed by atoms with E-state index >= 15 is 0 Å². The van der Waals surface area contributed by atoms with E-state index < -0.39 is 11.6 Å². The van der Waals surface area contributed by atoms with Crippen molar-refractivity contribution in [3.05, 3.63) is 41.2 Å². The van der Waals surface area contributed by atoms with Crippen LogP contribution in [0.5, 0.6) is 0 Å². The van der Waals surface area contributed by atoms with Crippen LogP contribution in [-0.2, 0) is 13.0 Å². The molecule has 3 nitrogen and oxygen atoms in total. The van der Waals surface area contributed by atoms with Crippen LogP contribution in [0, 0.1) is 11.6 Å². The van der Waals surface area contributed by atoms with Crippen molar-refractivity contribution in [1.29, 1.82) is 0 Å². The third-order valence-electron chi connectivity index (χ3n) is 4.47. The first-order valence-electron chi connectivity index (χ1n) is 7.55. The van der Waals surface area contributed by atoms with Crippen molar-refractivity contribution in [1.82, 2.24) is 14.9 Å². The van der Waals surface area contributed by atoms with E-state index in [0.717, 1.165) is 37.0 Å². The summed E-state index contributed by atoms with van der Waals surface area (Å²) >= 11 is 2.01. The highest BCUT2D eigenvalue weighted by Gasteiger charge is 2.28. The molecule has 0 amide bonds. The van der Waals surface area contributed by atoms with Gasteiger partial charge in [0, 0.05) is 37.4 Å². The summed E-state index contributed by atoms with van der Waals surface area (Å²) in [5.74, 6) is 1.80. The fourth-order valence-electron chi connectivity index (χ4n) is 3.25. The quantitative estimate of drug-likeness (QED) is 0.922. The number of thioether (sulfide) groups is 1. The number of aromatic amines is 1. The lowest BCUT2D eigenvalue weighted by molar-refractivity contribution is 0.191. The second-order valence-electron chi connectivity index (χ2n) is 5.87. The Labute approximate surface area is 132 Å². The molecule has 0 radical (unpaired) electrons. The third kappa shape index (κ3) is 2.54. The first-order valence-corrected chi connectivity index (χ1v) is 8.71. The summed E-state index contributed by atoms with van der Waals surface area (Å²) in [6.45, 7) is 1.85. The SMILES string of the molecule is Fc1ccc(-c2nc3c([nH]2)CN([C@H]2CCSC2)CC3)c(F)c1. The van der Waals surface area contributed by atoms with Gasteiger partial charge in [-0.2, -0.15) is 11.8 Å². The topological polar surface area (TPSA) is 31.9 Å². The Morgan fingerprint density at radius 3 is 3.00 bits per heavy atom. The predicted octanol–water partition coefficient (Wildman–Crippen LogP) is 3.22. The van der Waals surface area contributed by atoms with E-state index in [-0.39, 0.29) is 0 Å². The van der Waals surface area contributed by atoms with Crippen molar-refractivity contribution in [2.45, 2.75) is 25.4 Å². The van der Waals surface area contributed by atoms with Gasteiger partial charge in [0.2, 0.25) is 0 Å². The maximum absolute atomic E-state index is 13.9. The van der Waals surface area contributed by atoms with Gasteiger partial charge in [-0.1, -0.05) is 0 Å². The van der Waals surface area contributed by atoms with Crippen molar-refractivity contribution >= 4 is 11.8 Å². The Morgan fingerprint density at radius 2 is 2.23 bits per heavy atom. The van der Waals surface area contributed by atoms with Crippen LogP contribution in [-0.4, -0.2) is 39.0 Å². The van der Waals surface area contributed by atoms with Gasteiger partial charge in [0.05, 0.1) is 17.0 Å². The zero-order valence-electron chi connectivity index (χ0n) is 12.1. The van der Waals surface area contributed by atoms with Gasteiger partial charge in [-0.3, -0.25) is 4.90 Å². The molecule has 2 aliphatic rings. The van der Waals surface area contributed by atoms with Crippen molar-refractivity contribution in [3.8, 4) is 11.4 Å². The summed E-state index contributed by atoms with van der Waals surface area (Å²) in [6.07, 6.45) is 2.13. The van der Waals surface area contributed by atoms with Crippen LogP contribution in [0.3, 0.4) is 0 Å². The van der Waals surface area contributed by atoms with E-state index in [2.05, 4.69) is 14.9 Å². The molecule has 0 bridgehead atoms. The number of rotatable bonds is 2. The first-order chi connectivity index (χ1) is 10.7. The number of fused-ring (bicyclic) bond motifs is 1. The molecule has 1 saturated heterocycles. The smallest absolute Gasteiger partial charge is 0.140 e. The number of benzene rings is 1. The van der Waals surface area contributed by atoms with Crippen LogP contribution >= 0.6 is 11.8 Å². The molecule has 1 fully saturated rings. The molecule has 0 saturated carbocycles. The van der Waals surface area contributed by atoms with E-state index in [4.69, 9.17) is 0 Å². The summed E-state index contributed by atoms with van der Waals surface area (Å²) in [5, 5.41) is 0. The molecule has 0 aliphatic carbocycles. The summed E-state index contributed by atoms with van der Waals surface area (Å²) in [4.78, 5) is 10.3. The average Bonchev–Trinajstić information content (AvgIpc) is 3.15. The van der Waals surface area contributed by atoms with E-state index in [1.165, 1.54) is 30.1 Å². The number of H-pyrrole nitrogens is 1. The van der Waals surface area contributed by atoms with Gasteiger partial charge in [0.25, 0.3) is 0 Å². The van der Waals surface area contributed by atoms with Gasteiger partial charge >= 0.3 is 0 Å². The van der Waals surface area contributed by atoms with Crippen LogP contribution in [0.25, 0.3) is 11.4 Å². The third-order valence-corrected chi connectivity index (χ3v) is 5.61. The van der Waals surface area contributed by atoms with Gasteiger partial charge < -0.3 is 4.98 Å². The van der Waals surface area contributed by atoms with Crippen molar-refractivity contribution in [2.75, 3.05) is 18.1 Å². The number of halogens is 2. The Hall–Kier alpha value is -1.40. The summed E-state index contributed by atoms with van der Waals surface area (Å²) in [7, 11) is 0. The normalized spacial score (nSPS) is 22.0. The van der Waals surface area contributed by atoms with Crippen LogP contribution in [0.15, 0.2) is 18.2 Å². The minimum Gasteiger partial charge on any atom is -0.340 e. The second-order valence-corrected chi connectivity index (χ2v) is 7.02. The number of aromatic nitrogens is 2. The van der Waals surface area contributed by atoms with Crippen LogP contribution in [0.1, 0.15) is 17.8 Å². The molecule has 1 aromatic carbocycles. The Kier molecular flexibility index (Phi) is 3.66. The first kappa shape index (κ1) is 14.2. The minimum absolute atomic E-state index is 0.332. The fourth-order valence-corrected chi connectivity index (χ4v) is 4.50. The number of nitrogens with zero attached hydrogens (tertiary/aromatic N) is 2. The van der Waals surface area contributed by atoms with E-state index in [9.17, 15) is 8.78 Å². The maximum atomic E-state index is 13.9. The van der Waals surface area contributed by atoms with E-state index in [1.807, 2.05) is 11.8 Å². The average molecular weight is 321 g/mol. The van der Waals surface area contributed by atoms with Crippen LogP contribution < -0.4 is 0 Å². The molecule has 6 heteroatoms. The lowest BCUT2D eigenvalue weighted by Gasteiger charge is -2.31. The lowest BCUT2D eigenvalue weighted by Crippen LogP contribution is -2.39. The lowest BCUT2D eigenvalue weighted by atomic mass is 10.1. The van der Waals surface area contributed by atoms with Crippen LogP contribution in [0.4, 0.5) is 8.78 Å². The van der Waals surface area contributed by atoms with Gasteiger partial charge in [-0.15, -0.1) is 0 Å². The highest BCUT2D eigenvalue weighted by molar-refractivity contribution is 7.99. The molecular weight excluding hydrogens is 304 g/mol. The molecule has 4 rings (SSSR count). The standard InChI is InChI=1S/C16H17F2N3S/c17-10-1-2-12(13(18)7-10)16-19-14-3-5-21(8-15(14)20-16)11-4-6-22-9-11/h1-2,7,11H,3-6,8-9H2,(H,19,20)/t11-/m0/s1. The molecule has 0 unspecified atom stereocenters. The maximum Gasteiger partial charge on any atom is 0.140 e. The van der Waals surface area contributed by atoms with Crippen molar-refractivity contribution in [3.63, 3.8) is 0 Å². The molecule has 1 atom stereocenters. The van der Waals surface area contributed by atoms with E-state index in [1.54, 1.807) is 0 Å². The zero-order valence-corrected chi connectivity index (χ0v) is 12.9. The number of nitrogens with one attached hydrogen (secondary N) is 1. The summed E-state index contributed by atoms with van der Waals surface area (Å²) in [6, 6.07) is 4.26. The molecule has 116 valence electrons. The van der Waals surface area contributed by atoms with Crippen LogP contribution in [0.2, 0.25) is 0 Å². The van der Waals surface area contributed by atoms with Gasteiger partial charge in [-0.25, -0.2) is 13.8 Å².